The molecule has 0 bridgehead atoms. The second kappa shape index (κ2) is 6.39. The molecule has 1 fully saturated rings. The molecule has 1 amide bonds. The molecule has 0 spiro atoms. The zero-order valence-corrected chi connectivity index (χ0v) is 10.9. The van der Waals surface area contributed by atoms with Crippen molar-refractivity contribution in [1.29, 1.82) is 5.26 Å². The first-order chi connectivity index (χ1) is 8.51. The summed E-state index contributed by atoms with van der Waals surface area (Å²) in [6.07, 6.45) is 2.02. The van der Waals surface area contributed by atoms with Crippen LogP contribution >= 0.6 is 0 Å². The van der Waals surface area contributed by atoms with E-state index in [1.807, 2.05) is 6.92 Å². The molecular formula is C13H20N2O3. The molecule has 1 rings (SSSR count). The van der Waals surface area contributed by atoms with Crippen molar-refractivity contribution in [3.63, 3.8) is 0 Å². The van der Waals surface area contributed by atoms with Gasteiger partial charge in [-0.1, -0.05) is 6.42 Å². The van der Waals surface area contributed by atoms with Crippen LogP contribution in [0.1, 0.15) is 33.1 Å². The van der Waals surface area contributed by atoms with Crippen LogP contribution in [0.15, 0.2) is 0 Å². The summed E-state index contributed by atoms with van der Waals surface area (Å²) in [4.78, 5) is 25.0. The average Bonchev–Trinajstić information content (AvgIpc) is 2.83. The predicted octanol–water partition coefficient (Wildman–Crippen LogP) is 1.50. The molecule has 18 heavy (non-hydrogen) atoms. The first-order valence-electron chi connectivity index (χ1n) is 6.42. The van der Waals surface area contributed by atoms with Crippen LogP contribution in [0.2, 0.25) is 0 Å². The second-order valence-electron chi connectivity index (χ2n) is 4.89. The first kappa shape index (κ1) is 14.5. The summed E-state index contributed by atoms with van der Waals surface area (Å²) in [6, 6.07) is 2.10. The predicted molar refractivity (Wildman–Crippen MR) is 65.5 cm³/mol. The van der Waals surface area contributed by atoms with Gasteiger partial charge in [0, 0.05) is 13.1 Å². The standard InChI is InChI=1S/C13H20N2O3/c1-3-15(8-9(2)7-14)12(16)10-5-4-6-11(10)13(17)18/h9-11H,3-6,8H2,1-2H3,(H,17,18)/t9?,10-,11+/m1/s1. The van der Waals surface area contributed by atoms with Crippen molar-refractivity contribution in [2.45, 2.75) is 33.1 Å². The monoisotopic (exact) mass is 252 g/mol. The molecular weight excluding hydrogens is 232 g/mol. The molecule has 1 N–H and O–H groups in total. The second-order valence-corrected chi connectivity index (χ2v) is 4.89. The Balaban J connectivity index is 2.72. The van der Waals surface area contributed by atoms with Crippen molar-refractivity contribution < 1.29 is 14.7 Å². The minimum Gasteiger partial charge on any atom is -0.481 e. The Bertz CT molecular complexity index is 362. The molecule has 1 aliphatic carbocycles. The molecule has 0 aromatic rings. The Morgan fingerprint density at radius 2 is 2.06 bits per heavy atom. The number of nitriles is 1. The Labute approximate surface area is 107 Å². The molecule has 3 atom stereocenters. The molecule has 0 aromatic heterocycles. The highest BCUT2D eigenvalue weighted by Gasteiger charge is 2.39. The normalized spacial score (nSPS) is 24.3. The number of hydrogen-bond donors (Lipinski definition) is 1. The van der Waals surface area contributed by atoms with Gasteiger partial charge in [-0.15, -0.1) is 0 Å². The summed E-state index contributed by atoms with van der Waals surface area (Å²) in [5.74, 6) is -2.17. The first-order valence-corrected chi connectivity index (χ1v) is 6.42. The molecule has 5 heteroatoms. The molecule has 0 saturated heterocycles. The maximum Gasteiger partial charge on any atom is 0.307 e. The zero-order chi connectivity index (χ0) is 13.7. The van der Waals surface area contributed by atoms with E-state index in [9.17, 15) is 9.59 Å². The van der Waals surface area contributed by atoms with Crippen molar-refractivity contribution in [2.75, 3.05) is 13.1 Å². The van der Waals surface area contributed by atoms with Gasteiger partial charge in [0.1, 0.15) is 0 Å². The fourth-order valence-electron chi connectivity index (χ4n) is 2.53. The summed E-state index contributed by atoms with van der Waals surface area (Å²) in [5, 5.41) is 17.9. The van der Waals surface area contributed by atoms with Crippen molar-refractivity contribution in [3.8, 4) is 6.07 Å². The Morgan fingerprint density at radius 3 is 2.56 bits per heavy atom. The number of rotatable bonds is 5. The van der Waals surface area contributed by atoms with E-state index in [1.165, 1.54) is 0 Å². The van der Waals surface area contributed by atoms with Gasteiger partial charge < -0.3 is 10.0 Å². The lowest BCUT2D eigenvalue weighted by Crippen LogP contribution is -2.41. The fraction of sp³-hybridized carbons (Fsp3) is 0.769. The zero-order valence-electron chi connectivity index (χ0n) is 10.9. The number of amides is 1. The molecule has 1 saturated carbocycles. The van der Waals surface area contributed by atoms with Gasteiger partial charge in [0.15, 0.2) is 0 Å². The highest BCUT2D eigenvalue weighted by atomic mass is 16.4. The van der Waals surface area contributed by atoms with Gasteiger partial charge in [0.2, 0.25) is 5.91 Å². The molecule has 1 aliphatic rings. The topological polar surface area (TPSA) is 81.4 Å². The third-order valence-corrected chi connectivity index (χ3v) is 3.56. The van der Waals surface area contributed by atoms with E-state index in [1.54, 1.807) is 11.8 Å². The SMILES string of the molecule is CCN(CC(C)C#N)C(=O)[C@@H]1CCC[C@@H]1C(=O)O. The Morgan fingerprint density at radius 1 is 1.44 bits per heavy atom. The highest BCUT2D eigenvalue weighted by Crippen LogP contribution is 2.33. The van der Waals surface area contributed by atoms with Crippen molar-refractivity contribution in [1.82, 2.24) is 4.90 Å². The van der Waals surface area contributed by atoms with E-state index >= 15 is 0 Å². The summed E-state index contributed by atoms with van der Waals surface area (Å²) < 4.78 is 0. The van der Waals surface area contributed by atoms with E-state index in [0.29, 0.717) is 25.9 Å². The molecule has 5 nitrogen and oxygen atoms in total. The van der Waals surface area contributed by atoms with Gasteiger partial charge >= 0.3 is 5.97 Å². The van der Waals surface area contributed by atoms with Gasteiger partial charge in [0.05, 0.1) is 23.8 Å². The van der Waals surface area contributed by atoms with Crippen LogP contribution in [-0.2, 0) is 9.59 Å². The van der Waals surface area contributed by atoms with Gasteiger partial charge in [-0.25, -0.2) is 0 Å². The van der Waals surface area contributed by atoms with Crippen molar-refractivity contribution in [2.24, 2.45) is 17.8 Å². The molecule has 0 heterocycles. The summed E-state index contributed by atoms with van der Waals surface area (Å²) in [5.41, 5.74) is 0. The highest BCUT2D eigenvalue weighted by molar-refractivity contribution is 5.85. The van der Waals surface area contributed by atoms with E-state index in [2.05, 4.69) is 6.07 Å². The lowest BCUT2D eigenvalue weighted by atomic mass is 9.94. The van der Waals surface area contributed by atoms with Crippen molar-refractivity contribution in [3.05, 3.63) is 0 Å². The third-order valence-electron chi connectivity index (χ3n) is 3.56. The Hall–Kier alpha value is -1.57. The van der Waals surface area contributed by atoms with E-state index in [-0.39, 0.29) is 11.8 Å². The lowest BCUT2D eigenvalue weighted by molar-refractivity contribution is -0.149. The summed E-state index contributed by atoms with van der Waals surface area (Å²) in [7, 11) is 0. The number of carbonyl (C=O) groups is 2. The van der Waals surface area contributed by atoms with E-state index in [0.717, 1.165) is 6.42 Å². The minimum absolute atomic E-state index is 0.107. The van der Waals surface area contributed by atoms with Gasteiger partial charge in [-0.05, 0) is 26.7 Å². The third kappa shape index (κ3) is 3.22. The fourth-order valence-corrected chi connectivity index (χ4v) is 2.53. The molecule has 0 aromatic carbocycles. The minimum atomic E-state index is -0.879. The van der Waals surface area contributed by atoms with Crippen LogP contribution in [0.5, 0.6) is 0 Å². The molecule has 1 unspecified atom stereocenters. The van der Waals surface area contributed by atoms with Crippen molar-refractivity contribution >= 4 is 11.9 Å². The summed E-state index contributed by atoms with van der Waals surface area (Å²) in [6.45, 7) is 4.52. The van der Waals surface area contributed by atoms with Gasteiger partial charge in [0.25, 0.3) is 0 Å². The molecule has 0 aliphatic heterocycles. The van der Waals surface area contributed by atoms with Crippen LogP contribution in [0.4, 0.5) is 0 Å². The maximum atomic E-state index is 12.3. The number of carboxylic acid groups (broad SMARTS) is 1. The quantitative estimate of drug-likeness (QED) is 0.803. The van der Waals surface area contributed by atoms with Gasteiger partial charge in [-0.3, -0.25) is 9.59 Å². The van der Waals surface area contributed by atoms with Crippen LogP contribution in [-0.4, -0.2) is 35.0 Å². The Kier molecular flexibility index (Phi) is 5.14. The van der Waals surface area contributed by atoms with E-state index in [4.69, 9.17) is 10.4 Å². The lowest BCUT2D eigenvalue weighted by Gasteiger charge is -2.26. The number of carboxylic acids is 1. The number of hydrogen-bond acceptors (Lipinski definition) is 3. The van der Waals surface area contributed by atoms with Crippen LogP contribution in [0.25, 0.3) is 0 Å². The number of nitrogens with zero attached hydrogens (tertiary/aromatic N) is 2. The van der Waals surface area contributed by atoms with Crippen LogP contribution < -0.4 is 0 Å². The number of aliphatic carboxylic acids is 1. The molecule has 0 radical (unpaired) electrons. The van der Waals surface area contributed by atoms with Crippen LogP contribution in [0.3, 0.4) is 0 Å². The number of carbonyl (C=O) groups excluding carboxylic acids is 1. The van der Waals surface area contributed by atoms with Crippen LogP contribution in [0, 0.1) is 29.1 Å². The van der Waals surface area contributed by atoms with E-state index < -0.39 is 17.8 Å². The van der Waals surface area contributed by atoms with Gasteiger partial charge in [-0.2, -0.15) is 5.26 Å². The maximum absolute atomic E-state index is 12.3. The molecule has 100 valence electrons. The average molecular weight is 252 g/mol. The largest absolute Gasteiger partial charge is 0.481 e. The smallest absolute Gasteiger partial charge is 0.307 e. The summed E-state index contributed by atoms with van der Waals surface area (Å²) >= 11 is 0.